The second-order valence-corrected chi connectivity index (χ2v) is 3.72. The van der Waals surface area contributed by atoms with Crippen molar-refractivity contribution in [3.63, 3.8) is 0 Å². The summed E-state index contributed by atoms with van der Waals surface area (Å²) in [6, 6.07) is 3.14. The van der Waals surface area contributed by atoms with Crippen molar-refractivity contribution >= 4 is 17.3 Å². The predicted molar refractivity (Wildman–Crippen MR) is 64.8 cm³/mol. The lowest BCUT2D eigenvalue weighted by atomic mass is 10.2. The van der Waals surface area contributed by atoms with Gasteiger partial charge in [0.25, 0.3) is 12.1 Å². The fourth-order valence-corrected chi connectivity index (χ4v) is 1.29. The number of nitro benzene ring substituents is 1. The van der Waals surface area contributed by atoms with E-state index in [1.54, 1.807) is 0 Å². The number of hydrogen-bond donors (Lipinski definition) is 2. The van der Waals surface area contributed by atoms with Crippen molar-refractivity contribution in [2.75, 3.05) is 18.5 Å². The lowest BCUT2D eigenvalue weighted by Gasteiger charge is -2.07. The predicted octanol–water partition coefficient (Wildman–Crippen LogP) is 1.91. The molecule has 0 unspecified atom stereocenters. The highest BCUT2D eigenvalue weighted by Gasteiger charge is 2.12. The summed E-state index contributed by atoms with van der Waals surface area (Å²) in [7, 11) is 0. The molecule has 2 N–H and O–H groups in total. The van der Waals surface area contributed by atoms with Gasteiger partial charge in [0.15, 0.2) is 0 Å². The van der Waals surface area contributed by atoms with Crippen molar-refractivity contribution in [1.29, 1.82) is 0 Å². The average molecular weight is 290 g/mol. The van der Waals surface area contributed by atoms with Crippen LogP contribution in [0.5, 0.6) is 5.75 Å². The van der Waals surface area contributed by atoms with E-state index in [1.807, 2.05) is 0 Å². The maximum atomic E-state index is 11.8. The first-order valence-electron chi connectivity index (χ1n) is 5.53. The monoisotopic (exact) mass is 290 g/mol. The van der Waals surface area contributed by atoms with E-state index in [-0.39, 0.29) is 30.2 Å². The van der Waals surface area contributed by atoms with Gasteiger partial charge in [-0.2, -0.15) is 0 Å². The molecule has 7 nitrogen and oxygen atoms in total. The lowest BCUT2D eigenvalue weighted by Crippen LogP contribution is -2.15. The number of halogens is 2. The number of alkyl halides is 2. The third-order valence-electron chi connectivity index (χ3n) is 2.18. The SMILES string of the molecule is O=C(CCOCC(F)F)Nc1cc([N+](=O)[O-])ccc1O. The van der Waals surface area contributed by atoms with Gasteiger partial charge in [-0.15, -0.1) is 0 Å². The number of aromatic hydroxyl groups is 1. The van der Waals surface area contributed by atoms with Crippen molar-refractivity contribution < 1.29 is 28.3 Å². The summed E-state index contributed by atoms with van der Waals surface area (Å²) in [5, 5.41) is 22.2. The summed E-state index contributed by atoms with van der Waals surface area (Å²) in [5.41, 5.74) is -0.426. The van der Waals surface area contributed by atoms with Gasteiger partial charge in [-0.3, -0.25) is 14.9 Å². The molecule has 1 amide bonds. The maximum Gasteiger partial charge on any atom is 0.271 e. The molecule has 1 aromatic carbocycles. The van der Waals surface area contributed by atoms with Crippen molar-refractivity contribution in [1.82, 2.24) is 0 Å². The normalized spacial score (nSPS) is 10.6. The van der Waals surface area contributed by atoms with E-state index >= 15 is 0 Å². The van der Waals surface area contributed by atoms with Crippen LogP contribution in [0.2, 0.25) is 0 Å². The van der Waals surface area contributed by atoms with Crippen LogP contribution < -0.4 is 5.32 Å². The maximum absolute atomic E-state index is 11.8. The molecule has 0 saturated carbocycles. The smallest absolute Gasteiger partial charge is 0.271 e. The highest BCUT2D eigenvalue weighted by atomic mass is 19.3. The van der Waals surface area contributed by atoms with Gasteiger partial charge in [-0.25, -0.2) is 8.78 Å². The zero-order valence-electron chi connectivity index (χ0n) is 10.2. The van der Waals surface area contributed by atoms with Crippen molar-refractivity contribution in [3.05, 3.63) is 28.3 Å². The quantitative estimate of drug-likeness (QED) is 0.345. The number of hydrogen-bond acceptors (Lipinski definition) is 5. The Bertz CT molecular complexity index is 496. The Hall–Kier alpha value is -2.29. The molecule has 0 aliphatic carbocycles. The third-order valence-corrected chi connectivity index (χ3v) is 2.18. The third kappa shape index (κ3) is 5.14. The van der Waals surface area contributed by atoms with Crippen LogP contribution in [0, 0.1) is 10.1 Å². The van der Waals surface area contributed by atoms with Crippen LogP contribution in [0.15, 0.2) is 18.2 Å². The molecule has 9 heteroatoms. The van der Waals surface area contributed by atoms with Gasteiger partial charge in [0.05, 0.1) is 23.6 Å². The summed E-state index contributed by atoms with van der Waals surface area (Å²) in [5.74, 6) is -0.951. The first-order chi connectivity index (χ1) is 9.40. The molecule has 0 atom stereocenters. The van der Waals surface area contributed by atoms with Crippen LogP contribution in [0.3, 0.4) is 0 Å². The summed E-state index contributed by atoms with van der Waals surface area (Å²) in [6.45, 7) is -0.985. The Balaban J connectivity index is 2.53. The molecular formula is C11H12F2N2O5. The van der Waals surface area contributed by atoms with E-state index in [0.29, 0.717) is 0 Å². The Morgan fingerprint density at radius 1 is 1.50 bits per heavy atom. The molecule has 1 aromatic rings. The van der Waals surface area contributed by atoms with Gasteiger partial charge in [-0.05, 0) is 6.07 Å². The Morgan fingerprint density at radius 2 is 2.20 bits per heavy atom. The number of nitrogens with one attached hydrogen (secondary N) is 1. The van der Waals surface area contributed by atoms with Gasteiger partial charge in [0, 0.05) is 12.1 Å². The Labute approximate surface area is 112 Å². The van der Waals surface area contributed by atoms with Crippen LogP contribution in [0.25, 0.3) is 0 Å². The second kappa shape index (κ2) is 7.34. The van der Waals surface area contributed by atoms with Crippen LogP contribution in [-0.4, -0.2) is 35.6 Å². The minimum Gasteiger partial charge on any atom is -0.506 e. The van der Waals surface area contributed by atoms with E-state index in [1.165, 1.54) is 0 Å². The lowest BCUT2D eigenvalue weighted by molar-refractivity contribution is -0.384. The van der Waals surface area contributed by atoms with Gasteiger partial charge in [0.1, 0.15) is 12.4 Å². The number of carbonyl (C=O) groups is 1. The number of nitrogens with zero attached hydrogens (tertiary/aromatic N) is 1. The molecule has 1 rings (SSSR count). The Kier molecular flexibility index (Phi) is 5.78. The van der Waals surface area contributed by atoms with Crippen molar-refractivity contribution in [2.24, 2.45) is 0 Å². The van der Waals surface area contributed by atoms with Crippen LogP contribution in [-0.2, 0) is 9.53 Å². The number of phenolic OH excluding ortho intramolecular Hbond substituents is 1. The number of nitro groups is 1. The standard InChI is InChI=1S/C11H12F2N2O5/c12-10(13)6-20-4-3-11(17)14-8-5-7(15(18)19)1-2-9(8)16/h1-2,5,10,16H,3-4,6H2,(H,14,17). The highest BCUT2D eigenvalue weighted by molar-refractivity contribution is 5.92. The number of carbonyl (C=O) groups excluding carboxylic acids is 1. The molecule has 0 aliphatic rings. The highest BCUT2D eigenvalue weighted by Crippen LogP contribution is 2.27. The fourth-order valence-electron chi connectivity index (χ4n) is 1.29. The van der Waals surface area contributed by atoms with E-state index in [2.05, 4.69) is 10.1 Å². The molecule has 0 heterocycles. The van der Waals surface area contributed by atoms with E-state index < -0.39 is 23.9 Å². The zero-order valence-corrected chi connectivity index (χ0v) is 10.2. The molecule has 110 valence electrons. The molecule has 0 saturated heterocycles. The average Bonchev–Trinajstić information content (AvgIpc) is 2.37. The van der Waals surface area contributed by atoms with E-state index in [4.69, 9.17) is 0 Å². The van der Waals surface area contributed by atoms with Crippen LogP contribution in [0.4, 0.5) is 20.2 Å². The molecular weight excluding hydrogens is 278 g/mol. The molecule has 0 fully saturated rings. The zero-order chi connectivity index (χ0) is 15.1. The van der Waals surface area contributed by atoms with Crippen molar-refractivity contribution in [2.45, 2.75) is 12.8 Å². The second-order valence-electron chi connectivity index (χ2n) is 3.72. The van der Waals surface area contributed by atoms with Crippen LogP contribution >= 0.6 is 0 Å². The minimum atomic E-state index is -2.61. The molecule has 0 bridgehead atoms. The molecule has 0 aliphatic heterocycles. The van der Waals surface area contributed by atoms with E-state index in [0.717, 1.165) is 18.2 Å². The number of benzene rings is 1. The summed E-state index contributed by atoms with van der Waals surface area (Å²) >= 11 is 0. The fraction of sp³-hybridized carbons (Fsp3) is 0.364. The first-order valence-corrected chi connectivity index (χ1v) is 5.53. The number of non-ortho nitro benzene ring substituents is 1. The van der Waals surface area contributed by atoms with Gasteiger partial charge in [-0.1, -0.05) is 0 Å². The van der Waals surface area contributed by atoms with Crippen LogP contribution in [0.1, 0.15) is 6.42 Å². The largest absolute Gasteiger partial charge is 0.506 e. The van der Waals surface area contributed by atoms with E-state index in [9.17, 15) is 28.8 Å². The number of anilines is 1. The summed E-state index contributed by atoms with van der Waals surface area (Å²) in [6.07, 6.45) is -2.83. The van der Waals surface area contributed by atoms with Crippen molar-refractivity contribution in [3.8, 4) is 5.75 Å². The molecule has 0 aromatic heterocycles. The number of rotatable bonds is 7. The molecule has 0 spiro atoms. The van der Waals surface area contributed by atoms with Gasteiger partial charge in [0.2, 0.25) is 5.91 Å². The number of phenols is 1. The topological polar surface area (TPSA) is 102 Å². The van der Waals surface area contributed by atoms with Gasteiger partial charge < -0.3 is 15.2 Å². The molecule has 20 heavy (non-hydrogen) atoms. The number of ether oxygens (including phenoxy) is 1. The first kappa shape index (κ1) is 15.8. The van der Waals surface area contributed by atoms with Gasteiger partial charge >= 0.3 is 0 Å². The summed E-state index contributed by atoms with van der Waals surface area (Å²) < 4.78 is 28.0. The summed E-state index contributed by atoms with van der Waals surface area (Å²) in [4.78, 5) is 21.3. The number of amides is 1. The Morgan fingerprint density at radius 3 is 2.80 bits per heavy atom. The minimum absolute atomic E-state index is 0.127. The molecule has 0 radical (unpaired) electrons.